The molecule has 0 bridgehead atoms. The van der Waals surface area contributed by atoms with Gasteiger partial charge < -0.3 is 15.6 Å². The number of hydrogen-bond acceptors (Lipinski definition) is 3. The molecule has 98 valence electrons. The summed E-state index contributed by atoms with van der Waals surface area (Å²) in [6.07, 6.45) is 0. The second-order valence-electron chi connectivity index (χ2n) is 3.74. The van der Waals surface area contributed by atoms with Gasteiger partial charge in [-0.05, 0) is 30.3 Å². The largest absolute Gasteiger partial charge is 0.478 e. The van der Waals surface area contributed by atoms with Crippen molar-refractivity contribution >= 4 is 11.7 Å². The summed E-state index contributed by atoms with van der Waals surface area (Å²) in [4.78, 5) is 11.0. The van der Waals surface area contributed by atoms with Crippen molar-refractivity contribution in [1.29, 1.82) is 0 Å². The van der Waals surface area contributed by atoms with Crippen molar-refractivity contribution in [2.75, 3.05) is 5.73 Å². The van der Waals surface area contributed by atoms with Gasteiger partial charge in [0.15, 0.2) is 11.6 Å². The Balaban J connectivity index is 2.37. The number of benzene rings is 2. The van der Waals surface area contributed by atoms with Crippen molar-refractivity contribution in [2.45, 2.75) is 0 Å². The van der Waals surface area contributed by atoms with Gasteiger partial charge in [-0.3, -0.25) is 0 Å². The van der Waals surface area contributed by atoms with Gasteiger partial charge >= 0.3 is 5.97 Å². The normalized spacial score (nSPS) is 10.2. The number of carboxylic acids is 1. The van der Waals surface area contributed by atoms with E-state index in [-0.39, 0.29) is 22.7 Å². The van der Waals surface area contributed by atoms with Gasteiger partial charge in [0.2, 0.25) is 0 Å². The summed E-state index contributed by atoms with van der Waals surface area (Å²) in [5, 5.41) is 9.00. The van der Waals surface area contributed by atoms with Crippen LogP contribution in [0.4, 0.5) is 14.5 Å². The monoisotopic (exact) mass is 265 g/mol. The van der Waals surface area contributed by atoms with Crippen LogP contribution in [0.15, 0.2) is 36.4 Å². The molecule has 0 unspecified atom stereocenters. The molecule has 0 fully saturated rings. The number of carbonyl (C=O) groups is 1. The van der Waals surface area contributed by atoms with E-state index >= 15 is 0 Å². The van der Waals surface area contributed by atoms with E-state index in [4.69, 9.17) is 15.6 Å². The lowest BCUT2D eigenvalue weighted by molar-refractivity contribution is 0.0694. The number of aromatic carboxylic acids is 1. The van der Waals surface area contributed by atoms with Crippen molar-refractivity contribution < 1.29 is 23.4 Å². The van der Waals surface area contributed by atoms with Gasteiger partial charge in [-0.2, -0.15) is 0 Å². The fourth-order valence-electron chi connectivity index (χ4n) is 1.47. The lowest BCUT2D eigenvalue weighted by Crippen LogP contribution is -2.01. The van der Waals surface area contributed by atoms with Gasteiger partial charge in [-0.15, -0.1) is 0 Å². The predicted octanol–water partition coefficient (Wildman–Crippen LogP) is 3.04. The molecular weight excluding hydrogens is 256 g/mol. The molecule has 0 saturated heterocycles. The number of ether oxygens (including phenoxy) is 1. The lowest BCUT2D eigenvalue weighted by atomic mass is 10.2. The fourth-order valence-corrected chi connectivity index (χ4v) is 1.47. The second kappa shape index (κ2) is 4.93. The maximum absolute atomic E-state index is 13.0. The van der Waals surface area contributed by atoms with Crippen LogP contribution in [-0.4, -0.2) is 11.1 Å². The summed E-state index contributed by atoms with van der Waals surface area (Å²) < 4.78 is 31.0. The van der Waals surface area contributed by atoms with Crippen LogP contribution in [0.1, 0.15) is 10.4 Å². The highest BCUT2D eigenvalue weighted by Crippen LogP contribution is 2.28. The molecule has 0 aliphatic rings. The number of nitrogen functional groups attached to an aromatic ring is 1. The molecular formula is C13H9F2NO3. The summed E-state index contributed by atoms with van der Waals surface area (Å²) in [6.45, 7) is 0. The highest BCUT2D eigenvalue weighted by atomic mass is 19.2. The van der Waals surface area contributed by atoms with Crippen LogP contribution in [0.5, 0.6) is 11.5 Å². The summed E-state index contributed by atoms with van der Waals surface area (Å²) in [5.74, 6) is -3.34. The zero-order valence-electron chi connectivity index (χ0n) is 9.56. The number of anilines is 1. The average Bonchev–Trinajstić information content (AvgIpc) is 2.36. The Kier molecular flexibility index (Phi) is 3.33. The molecule has 3 N–H and O–H groups in total. The van der Waals surface area contributed by atoms with E-state index in [0.29, 0.717) is 0 Å². The molecule has 0 aromatic heterocycles. The standard InChI is InChI=1S/C13H9F2NO3/c14-10-3-2-8(6-11(10)15)19-12-4-1-7(16)5-9(12)13(17)18/h1-6H,16H2,(H,17,18). The van der Waals surface area contributed by atoms with Crippen LogP contribution in [0.3, 0.4) is 0 Å². The molecule has 19 heavy (non-hydrogen) atoms. The highest BCUT2D eigenvalue weighted by molar-refractivity contribution is 5.92. The first kappa shape index (κ1) is 12.8. The second-order valence-corrected chi connectivity index (χ2v) is 3.74. The van der Waals surface area contributed by atoms with Crippen LogP contribution >= 0.6 is 0 Å². The molecule has 2 aromatic carbocycles. The molecule has 0 atom stereocenters. The SMILES string of the molecule is Nc1ccc(Oc2ccc(F)c(F)c2)c(C(=O)O)c1. The van der Waals surface area contributed by atoms with Gasteiger partial charge in [-0.25, -0.2) is 13.6 Å². The van der Waals surface area contributed by atoms with Gasteiger partial charge in [-0.1, -0.05) is 0 Å². The van der Waals surface area contributed by atoms with Crippen molar-refractivity contribution in [3.63, 3.8) is 0 Å². The molecule has 4 nitrogen and oxygen atoms in total. The minimum absolute atomic E-state index is 0.00675. The van der Waals surface area contributed by atoms with Crippen molar-refractivity contribution in [1.82, 2.24) is 0 Å². The molecule has 6 heteroatoms. The van der Waals surface area contributed by atoms with Crippen molar-refractivity contribution in [3.8, 4) is 11.5 Å². The first-order valence-electron chi connectivity index (χ1n) is 5.23. The van der Waals surface area contributed by atoms with E-state index in [1.807, 2.05) is 0 Å². The Morgan fingerprint density at radius 2 is 1.84 bits per heavy atom. The smallest absolute Gasteiger partial charge is 0.339 e. The zero-order valence-corrected chi connectivity index (χ0v) is 9.56. The Bertz CT molecular complexity index is 644. The van der Waals surface area contributed by atoms with Crippen molar-refractivity contribution in [3.05, 3.63) is 53.6 Å². The number of hydrogen-bond donors (Lipinski definition) is 2. The van der Waals surface area contributed by atoms with Crippen LogP contribution in [0.2, 0.25) is 0 Å². The highest BCUT2D eigenvalue weighted by Gasteiger charge is 2.13. The average molecular weight is 265 g/mol. The molecule has 0 aliphatic carbocycles. The van der Waals surface area contributed by atoms with E-state index in [0.717, 1.165) is 12.1 Å². The van der Waals surface area contributed by atoms with E-state index < -0.39 is 17.6 Å². The van der Waals surface area contributed by atoms with Crippen molar-refractivity contribution in [2.24, 2.45) is 0 Å². The third kappa shape index (κ3) is 2.79. The lowest BCUT2D eigenvalue weighted by Gasteiger charge is -2.09. The van der Waals surface area contributed by atoms with E-state index in [9.17, 15) is 13.6 Å². The molecule has 2 rings (SSSR count). The number of carboxylic acid groups (broad SMARTS) is 1. The summed E-state index contributed by atoms with van der Waals surface area (Å²) in [6, 6.07) is 6.93. The van der Waals surface area contributed by atoms with Crippen LogP contribution < -0.4 is 10.5 Å². The van der Waals surface area contributed by atoms with Crippen LogP contribution in [0.25, 0.3) is 0 Å². The molecule has 0 heterocycles. The molecule has 0 radical (unpaired) electrons. The Morgan fingerprint density at radius 3 is 2.47 bits per heavy atom. The minimum Gasteiger partial charge on any atom is -0.478 e. The zero-order chi connectivity index (χ0) is 14.0. The fraction of sp³-hybridized carbons (Fsp3) is 0. The van der Waals surface area contributed by atoms with Crippen LogP contribution in [-0.2, 0) is 0 Å². The number of halogens is 2. The Labute approximate surface area is 107 Å². The third-order valence-corrected chi connectivity index (χ3v) is 2.35. The van der Waals surface area contributed by atoms with Gasteiger partial charge in [0.05, 0.1) is 0 Å². The number of rotatable bonds is 3. The maximum Gasteiger partial charge on any atom is 0.339 e. The Hall–Kier alpha value is -2.63. The molecule has 0 spiro atoms. The molecule has 0 saturated carbocycles. The predicted molar refractivity (Wildman–Crippen MR) is 64.2 cm³/mol. The van der Waals surface area contributed by atoms with E-state index in [2.05, 4.69) is 0 Å². The summed E-state index contributed by atoms with van der Waals surface area (Å²) in [7, 11) is 0. The van der Waals surface area contributed by atoms with Crippen LogP contribution in [0, 0.1) is 11.6 Å². The van der Waals surface area contributed by atoms with E-state index in [1.165, 1.54) is 24.3 Å². The summed E-state index contributed by atoms with van der Waals surface area (Å²) >= 11 is 0. The molecule has 0 aliphatic heterocycles. The molecule has 2 aromatic rings. The first-order valence-corrected chi connectivity index (χ1v) is 5.23. The quantitative estimate of drug-likeness (QED) is 0.836. The topological polar surface area (TPSA) is 72.5 Å². The summed E-state index contributed by atoms with van der Waals surface area (Å²) in [5.41, 5.74) is 5.57. The maximum atomic E-state index is 13.0. The van der Waals surface area contributed by atoms with Gasteiger partial charge in [0.1, 0.15) is 17.1 Å². The van der Waals surface area contributed by atoms with Gasteiger partial charge in [0, 0.05) is 11.8 Å². The minimum atomic E-state index is -1.23. The van der Waals surface area contributed by atoms with Gasteiger partial charge in [0.25, 0.3) is 0 Å². The Morgan fingerprint density at radius 1 is 1.11 bits per heavy atom. The molecule has 0 amide bonds. The first-order chi connectivity index (χ1) is 8.97. The van der Waals surface area contributed by atoms with E-state index in [1.54, 1.807) is 0 Å². The number of nitrogens with two attached hydrogens (primary N) is 1. The third-order valence-electron chi connectivity index (χ3n) is 2.35.